The molecule has 0 aliphatic carbocycles. The maximum Gasteiger partial charge on any atom is 0.301 e. The van der Waals surface area contributed by atoms with E-state index in [1.54, 1.807) is 0 Å². The van der Waals surface area contributed by atoms with E-state index in [1.165, 1.54) is 13.2 Å². The number of benzene rings is 1. The van der Waals surface area contributed by atoms with Gasteiger partial charge < -0.3 is 0 Å². The molecule has 1 aromatic heterocycles. The Kier molecular flexibility index (Phi) is 4.31. The summed E-state index contributed by atoms with van der Waals surface area (Å²) in [5.41, 5.74) is 0.947. The Balaban J connectivity index is 2.10. The third-order valence-corrected chi connectivity index (χ3v) is 4.05. The van der Waals surface area contributed by atoms with E-state index >= 15 is 0 Å². The highest BCUT2D eigenvalue weighted by atomic mass is 32.2. The molecule has 0 aliphatic heterocycles. The third kappa shape index (κ3) is 3.75. The summed E-state index contributed by atoms with van der Waals surface area (Å²) in [7, 11) is -2.31. The number of pyridine rings is 1. The zero-order chi connectivity index (χ0) is 14.6. The number of aromatic nitrogens is 1. The summed E-state index contributed by atoms with van der Waals surface area (Å²) in [6, 6.07) is 10.3. The van der Waals surface area contributed by atoms with Crippen LogP contribution in [0.2, 0.25) is 0 Å². The van der Waals surface area contributed by atoms with Crippen LogP contribution in [0.5, 0.6) is 0 Å². The maximum absolute atomic E-state index is 13.0. The van der Waals surface area contributed by atoms with Crippen LogP contribution in [0.4, 0.5) is 10.1 Å². The smallest absolute Gasteiger partial charge is 0.269 e. The molecule has 0 amide bonds. The average Bonchev–Trinajstić information content (AvgIpc) is 2.39. The SMILES string of the molecule is CN(Cc1ccccc1)S(=O)(=O)Nc1cncc(F)c1. The van der Waals surface area contributed by atoms with Gasteiger partial charge in [0.05, 0.1) is 18.1 Å². The molecule has 0 saturated heterocycles. The zero-order valence-electron chi connectivity index (χ0n) is 10.8. The molecule has 7 heteroatoms. The van der Waals surface area contributed by atoms with Crippen LogP contribution in [0.1, 0.15) is 5.56 Å². The lowest BCUT2D eigenvalue weighted by Crippen LogP contribution is -2.32. The minimum absolute atomic E-state index is 0.0879. The fourth-order valence-corrected chi connectivity index (χ4v) is 2.50. The Hall–Kier alpha value is -1.99. The summed E-state index contributed by atoms with van der Waals surface area (Å²) in [6.07, 6.45) is 2.25. The Labute approximate surface area is 117 Å². The molecule has 20 heavy (non-hydrogen) atoms. The van der Waals surface area contributed by atoms with Crippen molar-refractivity contribution in [2.45, 2.75) is 6.54 Å². The molecule has 0 radical (unpaired) electrons. The molecule has 0 saturated carbocycles. The van der Waals surface area contributed by atoms with Crippen molar-refractivity contribution in [1.82, 2.24) is 9.29 Å². The number of nitrogens with zero attached hydrogens (tertiary/aromatic N) is 2. The number of nitrogens with one attached hydrogen (secondary N) is 1. The minimum Gasteiger partial charge on any atom is -0.269 e. The van der Waals surface area contributed by atoms with Crippen molar-refractivity contribution in [3.63, 3.8) is 0 Å². The number of rotatable bonds is 5. The molecule has 1 heterocycles. The van der Waals surface area contributed by atoms with Crippen LogP contribution >= 0.6 is 0 Å². The van der Waals surface area contributed by atoms with Crippen molar-refractivity contribution in [3.8, 4) is 0 Å². The molecule has 106 valence electrons. The van der Waals surface area contributed by atoms with Gasteiger partial charge in [-0.1, -0.05) is 30.3 Å². The second-order valence-corrected chi connectivity index (χ2v) is 6.02. The quantitative estimate of drug-likeness (QED) is 0.918. The fraction of sp³-hybridized carbons (Fsp3) is 0.154. The molecule has 0 bridgehead atoms. The van der Waals surface area contributed by atoms with Crippen LogP contribution in [0.3, 0.4) is 0 Å². The summed E-state index contributed by atoms with van der Waals surface area (Å²) < 4.78 is 40.6. The monoisotopic (exact) mass is 295 g/mol. The van der Waals surface area contributed by atoms with E-state index in [2.05, 4.69) is 9.71 Å². The number of anilines is 1. The molecule has 0 spiro atoms. The average molecular weight is 295 g/mol. The van der Waals surface area contributed by atoms with Crippen LogP contribution in [0.25, 0.3) is 0 Å². The highest BCUT2D eigenvalue weighted by molar-refractivity contribution is 7.90. The lowest BCUT2D eigenvalue weighted by molar-refractivity contribution is 0.471. The van der Waals surface area contributed by atoms with E-state index in [-0.39, 0.29) is 12.2 Å². The standard InChI is InChI=1S/C13H14FN3O2S/c1-17(10-11-5-3-2-4-6-11)20(18,19)16-13-7-12(14)8-15-9-13/h2-9,16H,10H2,1H3. The minimum atomic E-state index is -3.75. The van der Waals surface area contributed by atoms with Gasteiger partial charge in [0.25, 0.3) is 0 Å². The molecule has 1 N–H and O–H groups in total. The fourth-order valence-electron chi connectivity index (χ4n) is 1.62. The molecule has 0 atom stereocenters. The second-order valence-electron chi connectivity index (χ2n) is 4.24. The topological polar surface area (TPSA) is 62.3 Å². The van der Waals surface area contributed by atoms with Crippen LogP contribution in [-0.2, 0) is 16.8 Å². The molecule has 0 fully saturated rings. The molecular formula is C13H14FN3O2S. The van der Waals surface area contributed by atoms with Crippen molar-refractivity contribution in [1.29, 1.82) is 0 Å². The number of hydrogen-bond donors (Lipinski definition) is 1. The highest BCUT2D eigenvalue weighted by Gasteiger charge is 2.18. The van der Waals surface area contributed by atoms with Crippen molar-refractivity contribution in [2.24, 2.45) is 0 Å². The van der Waals surface area contributed by atoms with Crippen molar-refractivity contribution in [2.75, 3.05) is 11.8 Å². The summed E-state index contributed by atoms with van der Waals surface area (Å²) in [5.74, 6) is -0.601. The molecule has 1 aromatic carbocycles. The lowest BCUT2D eigenvalue weighted by atomic mass is 10.2. The Bertz CT molecular complexity index is 677. The molecular weight excluding hydrogens is 281 g/mol. The first kappa shape index (κ1) is 14.4. The summed E-state index contributed by atoms with van der Waals surface area (Å²) in [5, 5.41) is 0. The van der Waals surface area contributed by atoms with E-state index in [1.807, 2.05) is 30.3 Å². The second kappa shape index (κ2) is 5.98. The highest BCUT2D eigenvalue weighted by Crippen LogP contribution is 2.12. The van der Waals surface area contributed by atoms with Crippen LogP contribution in [0.15, 0.2) is 48.8 Å². The van der Waals surface area contributed by atoms with Gasteiger partial charge in [0, 0.05) is 19.7 Å². The predicted molar refractivity (Wildman–Crippen MR) is 74.6 cm³/mol. The van der Waals surface area contributed by atoms with Crippen molar-refractivity contribution >= 4 is 15.9 Å². The number of halogens is 1. The summed E-state index contributed by atoms with van der Waals surface area (Å²) in [4.78, 5) is 3.59. The number of hydrogen-bond acceptors (Lipinski definition) is 3. The Morgan fingerprint density at radius 1 is 1.25 bits per heavy atom. The third-order valence-electron chi connectivity index (χ3n) is 2.61. The van der Waals surface area contributed by atoms with Gasteiger partial charge in [-0.2, -0.15) is 12.7 Å². The molecule has 2 aromatic rings. The van der Waals surface area contributed by atoms with Gasteiger partial charge >= 0.3 is 10.2 Å². The largest absolute Gasteiger partial charge is 0.301 e. The predicted octanol–water partition coefficient (Wildman–Crippen LogP) is 2.01. The Morgan fingerprint density at radius 3 is 2.60 bits per heavy atom. The molecule has 0 aliphatic rings. The Morgan fingerprint density at radius 2 is 1.95 bits per heavy atom. The maximum atomic E-state index is 13.0. The van der Waals surface area contributed by atoms with E-state index in [9.17, 15) is 12.8 Å². The normalized spacial score (nSPS) is 11.6. The van der Waals surface area contributed by atoms with E-state index in [4.69, 9.17) is 0 Å². The summed E-state index contributed by atoms with van der Waals surface area (Å²) in [6.45, 7) is 0.221. The van der Waals surface area contributed by atoms with Gasteiger partial charge in [0.2, 0.25) is 0 Å². The van der Waals surface area contributed by atoms with Gasteiger partial charge in [0.1, 0.15) is 5.82 Å². The zero-order valence-corrected chi connectivity index (χ0v) is 11.6. The van der Waals surface area contributed by atoms with E-state index in [0.29, 0.717) is 0 Å². The molecule has 5 nitrogen and oxygen atoms in total. The molecule has 0 unspecified atom stereocenters. The van der Waals surface area contributed by atoms with Crippen LogP contribution in [-0.4, -0.2) is 24.8 Å². The van der Waals surface area contributed by atoms with E-state index < -0.39 is 16.0 Å². The van der Waals surface area contributed by atoms with E-state index in [0.717, 1.165) is 22.1 Å². The molecule has 2 rings (SSSR count). The van der Waals surface area contributed by atoms with Crippen molar-refractivity contribution < 1.29 is 12.8 Å². The first-order chi connectivity index (χ1) is 9.47. The summed E-state index contributed by atoms with van der Waals surface area (Å²) >= 11 is 0. The van der Waals surface area contributed by atoms with Crippen LogP contribution < -0.4 is 4.72 Å². The van der Waals surface area contributed by atoms with Gasteiger partial charge in [-0.15, -0.1) is 0 Å². The van der Waals surface area contributed by atoms with Gasteiger partial charge in [0.15, 0.2) is 0 Å². The van der Waals surface area contributed by atoms with Crippen molar-refractivity contribution in [3.05, 3.63) is 60.2 Å². The van der Waals surface area contributed by atoms with Gasteiger partial charge in [-0.25, -0.2) is 4.39 Å². The first-order valence-corrected chi connectivity index (χ1v) is 7.30. The van der Waals surface area contributed by atoms with Crippen LogP contribution in [0, 0.1) is 5.82 Å². The first-order valence-electron chi connectivity index (χ1n) is 5.86. The lowest BCUT2D eigenvalue weighted by Gasteiger charge is -2.18. The van der Waals surface area contributed by atoms with Gasteiger partial charge in [-0.05, 0) is 5.56 Å². The van der Waals surface area contributed by atoms with Gasteiger partial charge in [-0.3, -0.25) is 9.71 Å².